The lowest BCUT2D eigenvalue weighted by Gasteiger charge is -2.12. The molecule has 14 heavy (non-hydrogen) atoms. The first-order valence-corrected chi connectivity index (χ1v) is 6.40. The van der Waals surface area contributed by atoms with E-state index in [9.17, 15) is 0 Å². The number of allylic oxidation sites excluding steroid dienone is 1. The predicted octanol–water partition coefficient (Wildman–Crippen LogP) is 5.05. The first-order valence-electron chi connectivity index (χ1n) is 6.40. The highest BCUT2D eigenvalue weighted by Crippen LogP contribution is 2.22. The van der Waals surface area contributed by atoms with E-state index in [1.165, 1.54) is 70.6 Å². The van der Waals surface area contributed by atoms with Gasteiger partial charge in [-0.2, -0.15) is 0 Å². The Bertz CT molecular complexity index is 125. The maximum Gasteiger partial charge on any atom is -0.00301 e. The van der Waals surface area contributed by atoms with Crippen LogP contribution >= 0.6 is 0 Å². The maximum absolute atomic E-state index is 3.92. The Labute approximate surface area is 89.8 Å². The second-order valence-corrected chi connectivity index (χ2v) is 4.54. The lowest BCUT2D eigenvalue weighted by Crippen LogP contribution is -1.95. The third kappa shape index (κ3) is 5.47. The van der Waals surface area contributed by atoms with Crippen LogP contribution in [-0.2, 0) is 0 Å². The highest BCUT2D eigenvalue weighted by atomic mass is 14.1. The number of hydrogen-bond acceptors (Lipinski definition) is 0. The van der Waals surface area contributed by atoms with Gasteiger partial charge in [0.05, 0.1) is 0 Å². The monoisotopic (exact) mass is 193 g/mol. The van der Waals surface area contributed by atoms with E-state index < -0.39 is 0 Å². The van der Waals surface area contributed by atoms with E-state index in [0.29, 0.717) is 0 Å². The van der Waals surface area contributed by atoms with Gasteiger partial charge in [0.25, 0.3) is 0 Å². The molecule has 0 atom stereocenters. The molecule has 1 fully saturated rings. The highest BCUT2D eigenvalue weighted by molar-refractivity contribution is 5.05. The molecule has 0 amide bonds. The van der Waals surface area contributed by atoms with Crippen molar-refractivity contribution in [1.82, 2.24) is 0 Å². The Balaban J connectivity index is 2.20. The summed E-state index contributed by atoms with van der Waals surface area (Å²) >= 11 is 0. The lowest BCUT2D eigenvalue weighted by molar-refractivity contribution is 0.527. The summed E-state index contributed by atoms with van der Waals surface area (Å²) in [6.07, 6.45) is 17.6. The lowest BCUT2D eigenvalue weighted by atomic mass is 9.93. The van der Waals surface area contributed by atoms with Crippen molar-refractivity contribution >= 4 is 0 Å². The van der Waals surface area contributed by atoms with E-state index in [2.05, 4.69) is 12.7 Å². The molecule has 0 spiro atoms. The van der Waals surface area contributed by atoms with Crippen LogP contribution in [0.1, 0.15) is 70.6 Å². The molecule has 1 aliphatic rings. The van der Waals surface area contributed by atoms with Crippen LogP contribution in [0.15, 0.2) is 12.7 Å². The van der Waals surface area contributed by atoms with Crippen LogP contribution < -0.4 is 0 Å². The van der Waals surface area contributed by atoms with E-state index in [1.807, 2.05) is 0 Å². The Hall–Kier alpha value is -0.260. The molecule has 0 heterocycles. The molecule has 1 rings (SSSR count). The van der Waals surface area contributed by atoms with Gasteiger partial charge >= 0.3 is 0 Å². The molecule has 0 saturated heterocycles. The summed E-state index contributed by atoms with van der Waals surface area (Å²) in [5.41, 5.74) is 0. The second kappa shape index (κ2) is 8.08. The molecule has 0 heteroatoms. The van der Waals surface area contributed by atoms with Crippen LogP contribution in [0.5, 0.6) is 0 Å². The minimum atomic E-state index is 1.31. The van der Waals surface area contributed by atoms with Crippen LogP contribution in [0.3, 0.4) is 0 Å². The largest absolute Gasteiger partial charge is 0.102 e. The molecule has 0 aliphatic heterocycles. The van der Waals surface area contributed by atoms with Gasteiger partial charge in [0, 0.05) is 0 Å². The van der Waals surface area contributed by atoms with Gasteiger partial charge in [-0.1, -0.05) is 63.9 Å². The smallest absolute Gasteiger partial charge is 0.00301 e. The predicted molar refractivity (Wildman–Crippen MR) is 64.2 cm³/mol. The Morgan fingerprint density at radius 2 is 1.00 bits per heavy atom. The van der Waals surface area contributed by atoms with Crippen LogP contribution in [0, 0.1) is 5.92 Å². The van der Waals surface area contributed by atoms with Crippen LogP contribution in [0.2, 0.25) is 0 Å². The zero-order valence-corrected chi connectivity index (χ0v) is 9.56. The second-order valence-electron chi connectivity index (χ2n) is 4.54. The van der Waals surface area contributed by atoms with Crippen molar-refractivity contribution in [2.75, 3.05) is 0 Å². The molecule has 0 nitrogen and oxygen atoms in total. The van der Waals surface area contributed by atoms with Crippen molar-refractivity contribution in [3.63, 3.8) is 0 Å². The Morgan fingerprint density at radius 3 is 1.36 bits per heavy atom. The van der Waals surface area contributed by atoms with E-state index in [1.54, 1.807) is 5.92 Å². The first-order chi connectivity index (χ1) is 6.93. The third-order valence-electron chi connectivity index (χ3n) is 3.28. The molecule has 0 aromatic rings. The fourth-order valence-corrected chi connectivity index (χ4v) is 2.27. The van der Waals surface area contributed by atoms with Crippen LogP contribution in [0.4, 0.5) is 0 Å². The van der Waals surface area contributed by atoms with Crippen molar-refractivity contribution in [2.45, 2.75) is 70.6 Å². The third-order valence-corrected chi connectivity index (χ3v) is 3.28. The fraction of sp³-hybridized carbons (Fsp3) is 0.786. The normalized spacial score (nSPS) is 23.4. The molecule has 1 saturated carbocycles. The standard InChI is InChI=1S/C14H25/c1-2-14-12-10-8-6-4-3-5-7-9-11-13-14/h2H,1,3-13H2. The van der Waals surface area contributed by atoms with E-state index in [4.69, 9.17) is 0 Å². The van der Waals surface area contributed by atoms with Crippen molar-refractivity contribution < 1.29 is 0 Å². The van der Waals surface area contributed by atoms with Gasteiger partial charge in [-0.15, -0.1) is 6.58 Å². The summed E-state index contributed by atoms with van der Waals surface area (Å²) < 4.78 is 0. The highest BCUT2D eigenvalue weighted by Gasteiger charge is 2.05. The molecule has 0 N–H and O–H groups in total. The van der Waals surface area contributed by atoms with Crippen molar-refractivity contribution in [3.8, 4) is 0 Å². The van der Waals surface area contributed by atoms with Gasteiger partial charge in [-0.3, -0.25) is 0 Å². The SMILES string of the molecule is C=C[C]1CCCCCCCCCCC1. The van der Waals surface area contributed by atoms with E-state index in [0.717, 1.165) is 0 Å². The molecule has 0 aromatic heterocycles. The summed E-state index contributed by atoms with van der Waals surface area (Å²) in [5, 5.41) is 0. The van der Waals surface area contributed by atoms with Gasteiger partial charge in [-0.25, -0.2) is 0 Å². The number of hydrogen-bond donors (Lipinski definition) is 0. The quantitative estimate of drug-likeness (QED) is 0.546. The van der Waals surface area contributed by atoms with Gasteiger partial charge in [0.2, 0.25) is 0 Å². The molecule has 1 aliphatic carbocycles. The van der Waals surface area contributed by atoms with Gasteiger partial charge in [0.15, 0.2) is 0 Å². The fourth-order valence-electron chi connectivity index (χ4n) is 2.27. The van der Waals surface area contributed by atoms with E-state index >= 15 is 0 Å². The average molecular weight is 193 g/mol. The molecular weight excluding hydrogens is 168 g/mol. The molecule has 0 unspecified atom stereocenters. The molecule has 0 aromatic carbocycles. The summed E-state index contributed by atoms with van der Waals surface area (Å²) in [6.45, 7) is 3.92. The van der Waals surface area contributed by atoms with Gasteiger partial charge in [0.1, 0.15) is 0 Å². The minimum Gasteiger partial charge on any atom is -0.102 e. The van der Waals surface area contributed by atoms with Crippen LogP contribution in [0.25, 0.3) is 0 Å². The molecule has 0 bridgehead atoms. The average Bonchev–Trinajstić information content (AvgIpc) is 2.19. The van der Waals surface area contributed by atoms with E-state index in [-0.39, 0.29) is 0 Å². The van der Waals surface area contributed by atoms with Gasteiger partial charge < -0.3 is 0 Å². The van der Waals surface area contributed by atoms with Crippen molar-refractivity contribution in [3.05, 3.63) is 18.6 Å². The minimum absolute atomic E-state index is 1.31. The van der Waals surface area contributed by atoms with Crippen molar-refractivity contribution in [2.24, 2.45) is 0 Å². The topological polar surface area (TPSA) is 0 Å². The Kier molecular flexibility index (Phi) is 6.82. The summed E-state index contributed by atoms with van der Waals surface area (Å²) in [5.74, 6) is 1.60. The molecule has 1 radical (unpaired) electrons. The van der Waals surface area contributed by atoms with Crippen LogP contribution in [-0.4, -0.2) is 0 Å². The zero-order valence-electron chi connectivity index (χ0n) is 9.56. The first kappa shape index (κ1) is 11.8. The molecular formula is C14H25. The summed E-state index contributed by atoms with van der Waals surface area (Å²) in [7, 11) is 0. The summed E-state index contributed by atoms with van der Waals surface area (Å²) in [6, 6.07) is 0. The van der Waals surface area contributed by atoms with Gasteiger partial charge in [-0.05, 0) is 18.8 Å². The maximum atomic E-state index is 3.92. The number of rotatable bonds is 1. The van der Waals surface area contributed by atoms with Crippen molar-refractivity contribution in [1.29, 1.82) is 0 Å². The molecule has 81 valence electrons. The zero-order chi connectivity index (χ0) is 10.1. The summed E-state index contributed by atoms with van der Waals surface area (Å²) in [4.78, 5) is 0. The Morgan fingerprint density at radius 1 is 0.643 bits per heavy atom.